The maximum absolute atomic E-state index is 15.3. The minimum absolute atomic E-state index is 0.0482. The van der Waals surface area contributed by atoms with Gasteiger partial charge >= 0.3 is 5.69 Å². The van der Waals surface area contributed by atoms with E-state index in [1.54, 1.807) is 19.3 Å². The molecule has 4 aromatic heterocycles. The molecule has 29 heavy (non-hydrogen) atoms. The third-order valence-corrected chi connectivity index (χ3v) is 6.22. The Kier molecular flexibility index (Phi) is 3.92. The lowest BCUT2D eigenvalue weighted by atomic mass is 9.94. The predicted molar refractivity (Wildman–Crippen MR) is 111 cm³/mol. The lowest BCUT2D eigenvalue weighted by molar-refractivity contribution is 0.616. The van der Waals surface area contributed by atoms with Crippen LogP contribution in [0.25, 0.3) is 27.8 Å². The molecule has 0 aliphatic heterocycles. The van der Waals surface area contributed by atoms with Crippen LogP contribution in [0.15, 0.2) is 51.1 Å². The first-order valence-corrected chi connectivity index (χ1v) is 10.2. The topological polar surface area (TPSA) is 82.4 Å². The van der Waals surface area contributed by atoms with Crippen LogP contribution in [0.5, 0.6) is 0 Å². The fraction of sp³-hybridized carbons (Fsp3) is 0.190. The zero-order valence-electron chi connectivity index (χ0n) is 15.6. The lowest BCUT2D eigenvalue weighted by Crippen LogP contribution is -2.44. The van der Waals surface area contributed by atoms with Crippen LogP contribution in [-0.4, -0.2) is 14.1 Å². The van der Waals surface area contributed by atoms with Crippen molar-refractivity contribution in [1.82, 2.24) is 14.1 Å². The van der Waals surface area contributed by atoms with Gasteiger partial charge in [0.05, 0.1) is 11.7 Å². The van der Waals surface area contributed by atoms with Crippen LogP contribution in [0, 0.1) is 12.7 Å². The Hall–Kier alpha value is -3.26. The quantitative estimate of drug-likeness (QED) is 0.528. The number of nitrogens with two attached hydrogens (primary N) is 1. The zero-order chi connectivity index (χ0) is 20.3. The first-order valence-electron chi connectivity index (χ1n) is 9.21. The SMILES string of the molecule is Cc1c(-c2cscc2-c2ccncc2)c(F)cn2c(=O)n(N)c(=O)c(C3CC3)c12. The zero-order valence-corrected chi connectivity index (χ0v) is 16.4. The Balaban J connectivity index is 1.88. The van der Waals surface area contributed by atoms with Crippen molar-refractivity contribution in [2.75, 3.05) is 5.84 Å². The minimum Gasteiger partial charge on any atom is -0.332 e. The molecule has 8 heteroatoms. The molecule has 1 fully saturated rings. The third-order valence-electron chi connectivity index (χ3n) is 5.48. The third kappa shape index (κ3) is 2.63. The summed E-state index contributed by atoms with van der Waals surface area (Å²) in [4.78, 5) is 29.3. The number of hydrogen-bond donors (Lipinski definition) is 1. The van der Waals surface area contributed by atoms with Crippen LogP contribution in [-0.2, 0) is 0 Å². The second-order valence-corrected chi connectivity index (χ2v) is 8.02. The molecule has 2 N–H and O–H groups in total. The Bertz CT molecular complexity index is 1380. The van der Waals surface area contributed by atoms with Gasteiger partial charge in [0.2, 0.25) is 0 Å². The van der Waals surface area contributed by atoms with Crippen molar-refractivity contribution in [2.45, 2.75) is 25.7 Å². The second kappa shape index (κ2) is 6.38. The summed E-state index contributed by atoms with van der Waals surface area (Å²) in [7, 11) is 0. The van der Waals surface area contributed by atoms with Gasteiger partial charge in [0.15, 0.2) is 0 Å². The van der Waals surface area contributed by atoms with E-state index < -0.39 is 17.1 Å². The highest BCUT2D eigenvalue weighted by Crippen LogP contribution is 2.43. The maximum atomic E-state index is 15.3. The van der Waals surface area contributed by atoms with Crippen LogP contribution in [0.3, 0.4) is 0 Å². The average Bonchev–Trinajstić information content (AvgIpc) is 3.45. The molecular weight excluding hydrogens is 391 g/mol. The number of hydrogen-bond acceptors (Lipinski definition) is 5. The van der Waals surface area contributed by atoms with E-state index in [9.17, 15) is 9.59 Å². The van der Waals surface area contributed by atoms with Crippen molar-refractivity contribution < 1.29 is 4.39 Å². The molecule has 4 aromatic rings. The van der Waals surface area contributed by atoms with E-state index >= 15 is 4.39 Å². The fourth-order valence-corrected chi connectivity index (χ4v) is 4.80. The molecule has 0 atom stereocenters. The summed E-state index contributed by atoms with van der Waals surface area (Å²) in [6, 6.07) is 3.74. The molecule has 0 saturated heterocycles. The smallest absolute Gasteiger partial charge is 0.332 e. The van der Waals surface area contributed by atoms with Gasteiger partial charge in [-0.15, -0.1) is 0 Å². The highest BCUT2D eigenvalue weighted by molar-refractivity contribution is 7.08. The number of nitrogens with zero attached hydrogens (tertiary/aromatic N) is 3. The molecule has 0 amide bonds. The summed E-state index contributed by atoms with van der Waals surface area (Å²) >= 11 is 1.47. The molecule has 4 heterocycles. The highest BCUT2D eigenvalue weighted by Gasteiger charge is 2.32. The first-order chi connectivity index (χ1) is 14.0. The van der Waals surface area contributed by atoms with E-state index in [0.29, 0.717) is 26.9 Å². The number of thiophene rings is 1. The van der Waals surface area contributed by atoms with Crippen molar-refractivity contribution in [3.8, 4) is 22.3 Å². The van der Waals surface area contributed by atoms with Gasteiger partial charge in [-0.1, -0.05) is 0 Å². The largest absolute Gasteiger partial charge is 0.354 e. The van der Waals surface area contributed by atoms with Crippen LogP contribution in [0.4, 0.5) is 4.39 Å². The number of rotatable bonds is 3. The Morgan fingerprint density at radius 3 is 2.55 bits per heavy atom. The standard InChI is InChI=1S/C21H17FN4O2S/c1-11-17(15-10-29-9-14(15)12-4-6-24-7-5-12)16(22)8-25-19(11)18(13-2-3-13)20(27)26(23)21(25)28/h4-10,13H,2-3,23H2,1H3. The van der Waals surface area contributed by atoms with Crippen molar-refractivity contribution >= 4 is 16.9 Å². The van der Waals surface area contributed by atoms with E-state index in [1.807, 2.05) is 22.9 Å². The maximum Gasteiger partial charge on any atom is 0.354 e. The molecule has 146 valence electrons. The van der Waals surface area contributed by atoms with Crippen LogP contribution < -0.4 is 17.1 Å². The molecule has 0 spiro atoms. The van der Waals surface area contributed by atoms with Crippen molar-refractivity contribution in [3.05, 3.63) is 79.3 Å². The first kappa shape index (κ1) is 17.8. The molecule has 1 aliphatic rings. The van der Waals surface area contributed by atoms with Crippen molar-refractivity contribution in [1.29, 1.82) is 0 Å². The van der Waals surface area contributed by atoms with Gasteiger partial charge in [-0.3, -0.25) is 14.2 Å². The molecule has 5 rings (SSSR count). The summed E-state index contributed by atoms with van der Waals surface area (Å²) in [5.41, 5.74) is 3.20. The molecule has 1 saturated carbocycles. The number of halogens is 1. The number of pyridine rings is 2. The van der Waals surface area contributed by atoms with E-state index in [4.69, 9.17) is 5.84 Å². The minimum atomic E-state index is -0.748. The summed E-state index contributed by atoms with van der Waals surface area (Å²) in [5.74, 6) is 5.20. The van der Waals surface area contributed by atoms with E-state index in [2.05, 4.69) is 4.98 Å². The monoisotopic (exact) mass is 408 g/mol. The van der Waals surface area contributed by atoms with E-state index in [1.165, 1.54) is 15.7 Å². The Labute approximate surface area is 168 Å². The van der Waals surface area contributed by atoms with Crippen LogP contribution >= 0.6 is 11.3 Å². The number of nitrogen functional groups attached to an aromatic ring is 1. The summed E-state index contributed by atoms with van der Waals surface area (Å²) < 4.78 is 17.0. The normalized spacial score (nSPS) is 13.9. The van der Waals surface area contributed by atoms with Gasteiger partial charge in [-0.2, -0.15) is 16.0 Å². The lowest BCUT2D eigenvalue weighted by Gasteiger charge is -2.16. The van der Waals surface area contributed by atoms with Gasteiger partial charge in [-0.25, -0.2) is 9.18 Å². The number of fused-ring (bicyclic) bond motifs is 1. The van der Waals surface area contributed by atoms with E-state index in [-0.39, 0.29) is 5.92 Å². The Morgan fingerprint density at radius 2 is 1.86 bits per heavy atom. The Morgan fingerprint density at radius 1 is 1.17 bits per heavy atom. The molecule has 0 bridgehead atoms. The molecular formula is C21H17FN4O2S. The van der Waals surface area contributed by atoms with Crippen LogP contribution in [0.2, 0.25) is 0 Å². The number of aryl methyl sites for hydroxylation is 1. The summed E-state index contributed by atoms with van der Waals surface area (Å²) in [6.45, 7) is 1.76. The highest BCUT2D eigenvalue weighted by atomic mass is 32.1. The molecule has 0 radical (unpaired) electrons. The van der Waals surface area contributed by atoms with Crippen LogP contribution in [0.1, 0.15) is 29.9 Å². The van der Waals surface area contributed by atoms with Gasteiger partial charge in [0.1, 0.15) is 5.82 Å². The molecule has 0 unspecified atom stereocenters. The van der Waals surface area contributed by atoms with Gasteiger partial charge in [-0.05, 0) is 59.7 Å². The van der Waals surface area contributed by atoms with Crippen molar-refractivity contribution in [2.24, 2.45) is 0 Å². The molecule has 0 aromatic carbocycles. The molecule has 6 nitrogen and oxygen atoms in total. The predicted octanol–water partition coefficient (Wildman–Crippen LogP) is 3.29. The summed E-state index contributed by atoms with van der Waals surface area (Å²) in [5, 5.41) is 3.84. The van der Waals surface area contributed by atoms with Crippen molar-refractivity contribution in [3.63, 3.8) is 0 Å². The average molecular weight is 408 g/mol. The van der Waals surface area contributed by atoms with Gasteiger partial charge in [0, 0.05) is 34.6 Å². The fourth-order valence-electron chi connectivity index (χ4n) is 3.95. The number of aromatic nitrogens is 3. The second-order valence-electron chi connectivity index (χ2n) is 7.28. The summed E-state index contributed by atoms with van der Waals surface area (Å²) in [6.07, 6.45) is 6.23. The van der Waals surface area contributed by atoms with E-state index in [0.717, 1.165) is 35.7 Å². The van der Waals surface area contributed by atoms with Gasteiger partial charge in [0.25, 0.3) is 5.56 Å². The van der Waals surface area contributed by atoms with Gasteiger partial charge < -0.3 is 5.84 Å². The molecule has 1 aliphatic carbocycles.